The number of nitrogens with one attached hydrogen (secondary N) is 1. The average molecular weight is 228 g/mol. The molecule has 0 spiro atoms. The lowest BCUT2D eigenvalue weighted by atomic mass is 10.2. The van der Waals surface area contributed by atoms with Crippen LogP contribution in [-0.4, -0.2) is 14.8 Å². The molecule has 3 N–H and O–H groups in total. The monoisotopic (exact) mass is 228 g/mol. The third-order valence-corrected chi connectivity index (χ3v) is 2.30. The molecular formula is C11H12N6. The van der Waals surface area contributed by atoms with Gasteiger partial charge in [-0.1, -0.05) is 0 Å². The van der Waals surface area contributed by atoms with Crippen molar-refractivity contribution in [2.24, 2.45) is 7.05 Å². The molecule has 2 aromatic heterocycles. The first kappa shape index (κ1) is 11.0. The van der Waals surface area contributed by atoms with Gasteiger partial charge in [-0.25, -0.2) is 4.98 Å². The number of hydrogen-bond acceptors (Lipinski definition) is 5. The van der Waals surface area contributed by atoms with E-state index in [0.717, 1.165) is 11.4 Å². The molecule has 6 nitrogen and oxygen atoms in total. The van der Waals surface area contributed by atoms with Gasteiger partial charge in [-0.15, -0.1) is 0 Å². The van der Waals surface area contributed by atoms with Crippen molar-refractivity contribution in [3.63, 3.8) is 0 Å². The first-order chi connectivity index (χ1) is 8.10. The van der Waals surface area contributed by atoms with Gasteiger partial charge >= 0.3 is 0 Å². The largest absolute Gasteiger partial charge is 0.397 e. The van der Waals surface area contributed by atoms with Gasteiger partial charge in [0.1, 0.15) is 11.9 Å². The Balaban J connectivity index is 2.37. The molecule has 0 unspecified atom stereocenters. The number of nitrogen functional groups attached to an aromatic ring is 1. The van der Waals surface area contributed by atoms with E-state index >= 15 is 0 Å². The van der Waals surface area contributed by atoms with Crippen LogP contribution in [0.5, 0.6) is 0 Å². The number of hydrogen-bond donors (Lipinski definition) is 2. The van der Waals surface area contributed by atoms with Gasteiger partial charge in [0.15, 0.2) is 0 Å². The van der Waals surface area contributed by atoms with Gasteiger partial charge in [-0.05, 0) is 13.0 Å². The predicted molar refractivity (Wildman–Crippen MR) is 64.6 cm³/mol. The first-order valence-corrected chi connectivity index (χ1v) is 5.03. The first-order valence-electron chi connectivity index (χ1n) is 5.03. The molecule has 0 fully saturated rings. The number of rotatable bonds is 2. The summed E-state index contributed by atoms with van der Waals surface area (Å²) in [6, 6.07) is 3.64. The van der Waals surface area contributed by atoms with E-state index in [2.05, 4.69) is 21.5 Å². The van der Waals surface area contributed by atoms with E-state index < -0.39 is 0 Å². The van der Waals surface area contributed by atoms with Crippen LogP contribution >= 0.6 is 0 Å². The minimum atomic E-state index is 0.410. The normalized spacial score (nSPS) is 9.94. The molecule has 17 heavy (non-hydrogen) atoms. The molecule has 0 bridgehead atoms. The molecule has 6 heteroatoms. The number of nitrogens with two attached hydrogens (primary N) is 1. The fraction of sp³-hybridized carbons (Fsp3) is 0.182. The number of anilines is 3. The maximum absolute atomic E-state index is 8.99. The van der Waals surface area contributed by atoms with E-state index in [1.165, 1.54) is 6.20 Å². The average Bonchev–Trinajstić information content (AvgIpc) is 2.60. The summed E-state index contributed by atoms with van der Waals surface area (Å²) < 4.78 is 1.70. The molecular weight excluding hydrogens is 216 g/mol. The maximum Gasteiger partial charge on any atom is 0.148 e. The topological polar surface area (TPSA) is 92.6 Å². The van der Waals surface area contributed by atoms with Gasteiger partial charge in [-0.2, -0.15) is 10.4 Å². The second-order valence-corrected chi connectivity index (χ2v) is 3.70. The SMILES string of the molecule is Cc1nn(C)cc1Nc1ncc(N)cc1C#N. The highest BCUT2D eigenvalue weighted by molar-refractivity contribution is 5.65. The lowest BCUT2D eigenvalue weighted by Crippen LogP contribution is -1.99. The van der Waals surface area contributed by atoms with Gasteiger partial charge in [0.2, 0.25) is 0 Å². The molecule has 0 aromatic carbocycles. The second kappa shape index (κ2) is 4.14. The van der Waals surface area contributed by atoms with Crippen LogP contribution in [0.25, 0.3) is 0 Å². The zero-order chi connectivity index (χ0) is 12.4. The summed E-state index contributed by atoms with van der Waals surface area (Å²) in [6.07, 6.45) is 3.34. The van der Waals surface area contributed by atoms with Crippen LogP contribution in [0.1, 0.15) is 11.3 Å². The minimum absolute atomic E-state index is 0.410. The van der Waals surface area contributed by atoms with E-state index in [0.29, 0.717) is 17.1 Å². The van der Waals surface area contributed by atoms with Gasteiger partial charge in [0.05, 0.1) is 28.8 Å². The predicted octanol–water partition coefficient (Wildman–Crippen LogP) is 1.32. The number of nitriles is 1. The number of aromatic nitrogens is 3. The van der Waals surface area contributed by atoms with Crippen molar-refractivity contribution >= 4 is 17.2 Å². The Bertz CT molecular complexity index is 592. The summed E-state index contributed by atoms with van der Waals surface area (Å²) in [5.41, 5.74) is 8.11. The molecule has 2 aromatic rings. The lowest BCUT2D eigenvalue weighted by molar-refractivity contribution is 0.756. The Hall–Kier alpha value is -2.55. The van der Waals surface area contributed by atoms with E-state index in [1.807, 2.05) is 20.2 Å². The van der Waals surface area contributed by atoms with Crippen LogP contribution in [0.15, 0.2) is 18.5 Å². The standard InChI is InChI=1S/C11H12N6/c1-7-10(6-17(2)16-7)15-11-8(4-12)3-9(13)5-14-11/h3,5-6H,13H2,1-2H3,(H,14,15). The summed E-state index contributed by atoms with van der Waals surface area (Å²) in [6.45, 7) is 1.88. The van der Waals surface area contributed by atoms with Crippen LogP contribution in [0.4, 0.5) is 17.2 Å². The van der Waals surface area contributed by atoms with E-state index in [9.17, 15) is 0 Å². The molecule has 0 aliphatic carbocycles. The van der Waals surface area contributed by atoms with Crippen LogP contribution < -0.4 is 11.1 Å². The van der Waals surface area contributed by atoms with E-state index in [1.54, 1.807) is 10.7 Å². The fourth-order valence-corrected chi connectivity index (χ4v) is 1.52. The molecule has 0 saturated carbocycles. The summed E-state index contributed by atoms with van der Waals surface area (Å²) >= 11 is 0. The zero-order valence-electron chi connectivity index (χ0n) is 9.60. The minimum Gasteiger partial charge on any atom is -0.397 e. The highest BCUT2D eigenvalue weighted by atomic mass is 15.3. The van der Waals surface area contributed by atoms with E-state index in [-0.39, 0.29) is 0 Å². The number of aryl methyl sites for hydroxylation is 2. The third-order valence-electron chi connectivity index (χ3n) is 2.30. The number of nitrogens with zero attached hydrogens (tertiary/aromatic N) is 4. The van der Waals surface area contributed by atoms with Gasteiger partial charge in [0.25, 0.3) is 0 Å². The maximum atomic E-state index is 8.99. The van der Waals surface area contributed by atoms with Gasteiger partial charge < -0.3 is 11.1 Å². The molecule has 2 rings (SSSR count). The Kier molecular flexibility index (Phi) is 2.66. The Morgan fingerprint density at radius 2 is 2.29 bits per heavy atom. The Morgan fingerprint density at radius 1 is 1.53 bits per heavy atom. The fourth-order valence-electron chi connectivity index (χ4n) is 1.52. The van der Waals surface area contributed by atoms with Crippen molar-refractivity contribution < 1.29 is 0 Å². The lowest BCUT2D eigenvalue weighted by Gasteiger charge is -2.05. The molecule has 0 saturated heterocycles. The Morgan fingerprint density at radius 3 is 2.88 bits per heavy atom. The van der Waals surface area contributed by atoms with Crippen molar-refractivity contribution in [2.75, 3.05) is 11.1 Å². The van der Waals surface area contributed by atoms with Crippen molar-refractivity contribution in [1.29, 1.82) is 5.26 Å². The van der Waals surface area contributed by atoms with Crippen LogP contribution in [0, 0.1) is 18.3 Å². The van der Waals surface area contributed by atoms with Crippen LogP contribution in [0.3, 0.4) is 0 Å². The molecule has 2 heterocycles. The molecule has 0 amide bonds. The van der Waals surface area contributed by atoms with Crippen molar-refractivity contribution in [3.05, 3.63) is 29.7 Å². The molecule has 0 aliphatic rings. The third kappa shape index (κ3) is 2.18. The highest BCUT2D eigenvalue weighted by Crippen LogP contribution is 2.21. The summed E-state index contributed by atoms with van der Waals surface area (Å²) in [7, 11) is 1.83. The van der Waals surface area contributed by atoms with Crippen molar-refractivity contribution in [3.8, 4) is 6.07 Å². The van der Waals surface area contributed by atoms with Crippen LogP contribution in [0.2, 0.25) is 0 Å². The van der Waals surface area contributed by atoms with Gasteiger partial charge in [-0.3, -0.25) is 4.68 Å². The van der Waals surface area contributed by atoms with Crippen LogP contribution in [-0.2, 0) is 7.05 Å². The van der Waals surface area contributed by atoms with Crippen molar-refractivity contribution in [1.82, 2.24) is 14.8 Å². The van der Waals surface area contributed by atoms with Gasteiger partial charge in [0, 0.05) is 13.2 Å². The van der Waals surface area contributed by atoms with Crippen molar-refractivity contribution in [2.45, 2.75) is 6.92 Å². The molecule has 0 aliphatic heterocycles. The Labute approximate surface area is 98.7 Å². The molecule has 0 radical (unpaired) electrons. The second-order valence-electron chi connectivity index (χ2n) is 3.70. The van der Waals surface area contributed by atoms with E-state index in [4.69, 9.17) is 11.0 Å². The number of pyridine rings is 1. The smallest absolute Gasteiger partial charge is 0.148 e. The zero-order valence-corrected chi connectivity index (χ0v) is 9.60. The molecule has 0 atom stereocenters. The quantitative estimate of drug-likeness (QED) is 0.808. The highest BCUT2D eigenvalue weighted by Gasteiger charge is 2.08. The summed E-state index contributed by atoms with van der Waals surface area (Å²) in [4.78, 5) is 4.10. The molecule has 86 valence electrons. The summed E-state index contributed by atoms with van der Waals surface area (Å²) in [5, 5.41) is 16.3. The summed E-state index contributed by atoms with van der Waals surface area (Å²) in [5.74, 6) is 0.484.